The van der Waals surface area contributed by atoms with Gasteiger partial charge in [-0.05, 0) is 18.2 Å². The summed E-state index contributed by atoms with van der Waals surface area (Å²) in [5, 5.41) is 0. The summed E-state index contributed by atoms with van der Waals surface area (Å²) in [7, 11) is 1.74. The Morgan fingerprint density at radius 3 is 2.70 bits per heavy atom. The first kappa shape index (κ1) is 12.6. The first-order chi connectivity index (χ1) is 9.63. The fourth-order valence-electron chi connectivity index (χ4n) is 2.00. The normalized spacial score (nSPS) is 10.9. The minimum Gasteiger partial charge on any atom is -0.423 e. The minimum absolute atomic E-state index is 0.249. The van der Waals surface area contributed by atoms with E-state index in [1.807, 2.05) is 24.3 Å². The van der Waals surface area contributed by atoms with Gasteiger partial charge < -0.3 is 9.32 Å². The maximum absolute atomic E-state index is 13.6. The lowest BCUT2D eigenvalue weighted by Crippen LogP contribution is -2.17. The molecule has 0 aliphatic heterocycles. The van der Waals surface area contributed by atoms with Crippen LogP contribution in [0.4, 0.5) is 14.8 Å². The second kappa shape index (κ2) is 4.92. The number of fused-ring (bicyclic) bond motifs is 1. The zero-order valence-electron chi connectivity index (χ0n) is 10.8. The van der Waals surface area contributed by atoms with Crippen molar-refractivity contribution < 1.29 is 13.2 Å². The molecular weight excluding hydrogens is 262 g/mol. The zero-order chi connectivity index (χ0) is 14.1. The lowest BCUT2D eigenvalue weighted by molar-refractivity contribution is 0.557. The van der Waals surface area contributed by atoms with Crippen LogP contribution in [0.15, 0.2) is 46.9 Å². The fourth-order valence-corrected chi connectivity index (χ4v) is 2.00. The first-order valence-electron chi connectivity index (χ1n) is 6.14. The Balaban J connectivity index is 1.86. The molecule has 0 atom stereocenters. The molecule has 0 bridgehead atoms. The van der Waals surface area contributed by atoms with Crippen LogP contribution in [0, 0.1) is 11.6 Å². The third kappa shape index (κ3) is 2.34. The van der Waals surface area contributed by atoms with Gasteiger partial charge in [0.25, 0.3) is 6.01 Å². The third-order valence-electron chi connectivity index (χ3n) is 3.03. The minimum atomic E-state index is -0.587. The fraction of sp³-hybridized carbons (Fsp3) is 0.133. The monoisotopic (exact) mass is 274 g/mol. The van der Waals surface area contributed by atoms with Crippen LogP contribution < -0.4 is 4.90 Å². The molecule has 1 heterocycles. The van der Waals surface area contributed by atoms with Gasteiger partial charge in [0, 0.05) is 25.2 Å². The number of nitrogens with zero attached hydrogens (tertiary/aromatic N) is 2. The number of benzene rings is 2. The Bertz CT molecular complexity index is 721. The number of anilines is 1. The standard InChI is InChI=1S/C15H12F2N2O/c1-19(9-10-6-7-11(16)8-12(10)17)15-18-13-4-2-3-5-14(13)20-15/h2-8H,9H2,1H3. The number of para-hydroxylation sites is 2. The van der Waals surface area contributed by atoms with Gasteiger partial charge in [0.1, 0.15) is 17.2 Å². The maximum Gasteiger partial charge on any atom is 0.298 e. The largest absolute Gasteiger partial charge is 0.423 e. The molecule has 20 heavy (non-hydrogen) atoms. The van der Waals surface area contributed by atoms with Crippen LogP contribution in [0.3, 0.4) is 0 Å². The van der Waals surface area contributed by atoms with E-state index in [9.17, 15) is 8.78 Å². The zero-order valence-corrected chi connectivity index (χ0v) is 10.8. The number of hydrogen-bond acceptors (Lipinski definition) is 3. The van der Waals surface area contributed by atoms with E-state index in [4.69, 9.17) is 4.42 Å². The summed E-state index contributed by atoms with van der Waals surface area (Å²) in [4.78, 5) is 6.00. The lowest BCUT2D eigenvalue weighted by atomic mass is 10.2. The van der Waals surface area contributed by atoms with Gasteiger partial charge in [0.2, 0.25) is 0 Å². The van der Waals surface area contributed by atoms with Crippen molar-refractivity contribution in [3.8, 4) is 0 Å². The molecule has 0 spiro atoms. The van der Waals surface area contributed by atoms with Crippen LogP contribution >= 0.6 is 0 Å². The predicted octanol–water partition coefficient (Wildman–Crippen LogP) is 3.74. The molecule has 0 radical (unpaired) electrons. The van der Waals surface area contributed by atoms with Gasteiger partial charge >= 0.3 is 0 Å². The van der Waals surface area contributed by atoms with E-state index in [1.54, 1.807) is 11.9 Å². The summed E-state index contributed by atoms with van der Waals surface area (Å²) in [6.45, 7) is 0.249. The van der Waals surface area contributed by atoms with Crippen molar-refractivity contribution in [1.29, 1.82) is 0 Å². The number of rotatable bonds is 3. The van der Waals surface area contributed by atoms with E-state index in [0.29, 0.717) is 17.2 Å². The van der Waals surface area contributed by atoms with Crippen LogP contribution in [-0.2, 0) is 6.54 Å². The number of oxazole rings is 1. The second-order valence-corrected chi connectivity index (χ2v) is 4.56. The van der Waals surface area contributed by atoms with Crippen molar-refractivity contribution in [2.24, 2.45) is 0 Å². The SMILES string of the molecule is CN(Cc1ccc(F)cc1F)c1nc2ccccc2o1. The molecule has 3 aromatic rings. The predicted molar refractivity (Wildman–Crippen MR) is 72.5 cm³/mol. The van der Waals surface area contributed by atoms with E-state index in [2.05, 4.69) is 4.98 Å². The molecule has 0 fully saturated rings. The van der Waals surface area contributed by atoms with Gasteiger partial charge in [-0.25, -0.2) is 8.78 Å². The van der Waals surface area contributed by atoms with Gasteiger partial charge in [-0.2, -0.15) is 4.98 Å². The summed E-state index contributed by atoms with van der Waals surface area (Å²) in [5.41, 5.74) is 1.80. The number of aromatic nitrogens is 1. The molecule has 0 N–H and O–H groups in total. The summed E-state index contributed by atoms with van der Waals surface area (Å²) >= 11 is 0. The van der Waals surface area contributed by atoms with Gasteiger partial charge in [0.15, 0.2) is 5.58 Å². The van der Waals surface area contributed by atoms with Crippen molar-refractivity contribution in [1.82, 2.24) is 4.98 Å². The van der Waals surface area contributed by atoms with E-state index in [-0.39, 0.29) is 6.54 Å². The van der Waals surface area contributed by atoms with Crippen molar-refractivity contribution in [3.05, 3.63) is 59.7 Å². The highest BCUT2D eigenvalue weighted by molar-refractivity contribution is 5.74. The Labute approximate surface area is 114 Å². The molecule has 1 aromatic heterocycles. The van der Waals surface area contributed by atoms with Crippen molar-refractivity contribution in [2.45, 2.75) is 6.54 Å². The quantitative estimate of drug-likeness (QED) is 0.728. The van der Waals surface area contributed by atoms with E-state index in [0.717, 1.165) is 11.6 Å². The average molecular weight is 274 g/mol. The van der Waals surface area contributed by atoms with E-state index < -0.39 is 11.6 Å². The van der Waals surface area contributed by atoms with Crippen LogP contribution in [0.2, 0.25) is 0 Å². The van der Waals surface area contributed by atoms with Crippen molar-refractivity contribution >= 4 is 17.1 Å². The van der Waals surface area contributed by atoms with Gasteiger partial charge in [-0.1, -0.05) is 18.2 Å². The molecule has 0 unspecified atom stereocenters. The van der Waals surface area contributed by atoms with Crippen molar-refractivity contribution in [3.63, 3.8) is 0 Å². The van der Waals surface area contributed by atoms with Crippen LogP contribution in [0.25, 0.3) is 11.1 Å². The topological polar surface area (TPSA) is 29.3 Å². The van der Waals surface area contributed by atoms with Crippen molar-refractivity contribution in [2.75, 3.05) is 11.9 Å². The Morgan fingerprint density at radius 2 is 1.95 bits per heavy atom. The summed E-state index contributed by atoms with van der Waals surface area (Å²) in [5.74, 6) is -1.16. The number of halogens is 2. The molecule has 0 amide bonds. The Hall–Kier alpha value is -2.43. The summed E-state index contributed by atoms with van der Waals surface area (Å²) < 4.78 is 32.1. The molecule has 102 valence electrons. The Morgan fingerprint density at radius 1 is 1.15 bits per heavy atom. The van der Waals surface area contributed by atoms with Gasteiger partial charge in [-0.15, -0.1) is 0 Å². The molecule has 0 aliphatic rings. The summed E-state index contributed by atoms with van der Waals surface area (Å²) in [6.07, 6.45) is 0. The van der Waals surface area contributed by atoms with E-state index >= 15 is 0 Å². The molecule has 0 saturated heterocycles. The molecule has 0 saturated carbocycles. The second-order valence-electron chi connectivity index (χ2n) is 4.56. The van der Waals surface area contributed by atoms with Gasteiger partial charge in [0.05, 0.1) is 0 Å². The lowest BCUT2D eigenvalue weighted by Gasteiger charge is -2.14. The molecule has 3 nitrogen and oxygen atoms in total. The highest BCUT2D eigenvalue weighted by Crippen LogP contribution is 2.22. The average Bonchev–Trinajstić information content (AvgIpc) is 2.86. The highest BCUT2D eigenvalue weighted by atomic mass is 19.1. The molecule has 5 heteroatoms. The first-order valence-corrected chi connectivity index (χ1v) is 6.14. The van der Waals surface area contributed by atoms with Crippen LogP contribution in [0.1, 0.15) is 5.56 Å². The molecule has 3 rings (SSSR count). The molecular formula is C15H12F2N2O. The molecule has 0 aliphatic carbocycles. The molecule has 2 aromatic carbocycles. The van der Waals surface area contributed by atoms with Gasteiger partial charge in [-0.3, -0.25) is 0 Å². The smallest absolute Gasteiger partial charge is 0.298 e. The van der Waals surface area contributed by atoms with Crippen LogP contribution in [-0.4, -0.2) is 12.0 Å². The Kier molecular flexibility index (Phi) is 3.10. The summed E-state index contributed by atoms with van der Waals surface area (Å²) in [6, 6.07) is 11.3. The van der Waals surface area contributed by atoms with Crippen LogP contribution in [0.5, 0.6) is 0 Å². The maximum atomic E-state index is 13.6. The highest BCUT2D eigenvalue weighted by Gasteiger charge is 2.12. The number of hydrogen-bond donors (Lipinski definition) is 0. The third-order valence-corrected chi connectivity index (χ3v) is 3.03. The van der Waals surface area contributed by atoms with E-state index in [1.165, 1.54) is 12.1 Å².